The Morgan fingerprint density at radius 2 is 2.00 bits per heavy atom. The largest absolute Gasteiger partial charge is 0.369 e. The second-order valence-corrected chi connectivity index (χ2v) is 7.61. The maximum Gasteiger partial charge on any atom is 0.272 e. The van der Waals surface area contributed by atoms with E-state index in [-0.39, 0.29) is 5.91 Å². The number of amides is 1. The maximum atomic E-state index is 13.3. The molecule has 1 saturated heterocycles. The fraction of sp³-hybridized carbons (Fsp3) is 0.500. The first-order valence-corrected chi connectivity index (χ1v) is 10.2. The van der Waals surface area contributed by atoms with Gasteiger partial charge in [-0.3, -0.25) is 4.79 Å². The number of hydrogen-bond acceptors (Lipinski definition) is 5. The van der Waals surface area contributed by atoms with E-state index in [9.17, 15) is 4.79 Å². The molecular formula is C22H31N5O. The van der Waals surface area contributed by atoms with Crippen LogP contribution in [0.15, 0.2) is 36.4 Å². The van der Waals surface area contributed by atoms with Crippen LogP contribution in [0.5, 0.6) is 0 Å². The molecule has 28 heavy (non-hydrogen) atoms. The van der Waals surface area contributed by atoms with Crippen molar-refractivity contribution in [2.45, 2.75) is 38.6 Å². The number of rotatable bonds is 7. The average Bonchev–Trinajstić information content (AvgIpc) is 2.73. The number of piperidine rings is 1. The predicted molar refractivity (Wildman–Crippen MR) is 113 cm³/mol. The summed E-state index contributed by atoms with van der Waals surface area (Å²) in [6.45, 7) is 4.61. The summed E-state index contributed by atoms with van der Waals surface area (Å²) in [5.74, 6) is 1.30. The second-order valence-electron chi connectivity index (χ2n) is 7.61. The third-order valence-corrected chi connectivity index (χ3v) is 5.20. The van der Waals surface area contributed by atoms with E-state index in [1.54, 1.807) is 6.07 Å². The first-order chi connectivity index (χ1) is 13.6. The number of carbonyl (C=O) groups is 1. The molecule has 1 atom stereocenters. The van der Waals surface area contributed by atoms with Crippen LogP contribution in [0.2, 0.25) is 0 Å². The van der Waals surface area contributed by atoms with Gasteiger partial charge in [0.05, 0.1) is 0 Å². The lowest BCUT2D eigenvalue weighted by Gasteiger charge is -2.35. The maximum absolute atomic E-state index is 13.3. The number of anilines is 1. The Hall–Kier alpha value is -2.47. The van der Waals surface area contributed by atoms with Crippen molar-refractivity contribution in [3.05, 3.63) is 42.1 Å². The zero-order valence-electron chi connectivity index (χ0n) is 17.2. The Labute approximate surface area is 168 Å². The Kier molecular flexibility index (Phi) is 6.98. The highest BCUT2D eigenvalue weighted by Crippen LogP contribution is 2.23. The molecule has 6 heteroatoms. The Balaban J connectivity index is 1.91. The monoisotopic (exact) mass is 381 g/mol. The van der Waals surface area contributed by atoms with Crippen LogP contribution in [0.3, 0.4) is 0 Å². The number of aromatic nitrogens is 2. The van der Waals surface area contributed by atoms with Gasteiger partial charge in [0.15, 0.2) is 5.82 Å². The van der Waals surface area contributed by atoms with Crippen LogP contribution >= 0.6 is 0 Å². The lowest BCUT2D eigenvalue weighted by molar-refractivity contribution is 0.0602. The van der Waals surface area contributed by atoms with E-state index < -0.39 is 0 Å². The zero-order chi connectivity index (χ0) is 19.9. The van der Waals surface area contributed by atoms with E-state index in [0.29, 0.717) is 23.4 Å². The second kappa shape index (κ2) is 9.64. The molecular weight excluding hydrogens is 350 g/mol. The van der Waals surface area contributed by atoms with Crippen LogP contribution in [-0.4, -0.2) is 65.4 Å². The summed E-state index contributed by atoms with van der Waals surface area (Å²) in [6.07, 6.45) is 4.31. The normalized spacial score (nSPS) is 17.0. The highest BCUT2D eigenvalue weighted by molar-refractivity contribution is 5.93. The van der Waals surface area contributed by atoms with Gasteiger partial charge < -0.3 is 15.1 Å². The van der Waals surface area contributed by atoms with E-state index in [4.69, 9.17) is 0 Å². The van der Waals surface area contributed by atoms with Crippen molar-refractivity contribution in [3.63, 3.8) is 0 Å². The van der Waals surface area contributed by atoms with Crippen LogP contribution in [0.4, 0.5) is 5.82 Å². The summed E-state index contributed by atoms with van der Waals surface area (Å²) in [5, 5.41) is 3.35. The number of likely N-dealkylation sites (tertiary alicyclic amines) is 1. The summed E-state index contributed by atoms with van der Waals surface area (Å²) >= 11 is 0. The van der Waals surface area contributed by atoms with E-state index in [2.05, 4.69) is 27.1 Å². The van der Waals surface area contributed by atoms with Crippen molar-refractivity contribution in [1.29, 1.82) is 0 Å². The molecule has 0 aliphatic carbocycles. The zero-order valence-corrected chi connectivity index (χ0v) is 17.2. The molecule has 1 amide bonds. The minimum atomic E-state index is 0.0155. The minimum absolute atomic E-state index is 0.0155. The molecule has 0 saturated carbocycles. The molecule has 1 N–H and O–H groups in total. The van der Waals surface area contributed by atoms with Gasteiger partial charge in [-0.1, -0.05) is 37.3 Å². The van der Waals surface area contributed by atoms with Gasteiger partial charge in [-0.15, -0.1) is 0 Å². The molecule has 1 unspecified atom stereocenters. The summed E-state index contributed by atoms with van der Waals surface area (Å²) in [4.78, 5) is 26.7. The van der Waals surface area contributed by atoms with Gasteiger partial charge in [0.25, 0.3) is 5.91 Å². The number of nitrogens with one attached hydrogen (secondary N) is 1. The van der Waals surface area contributed by atoms with Crippen LogP contribution in [0.25, 0.3) is 11.4 Å². The first kappa shape index (κ1) is 20.3. The SMILES string of the molecule is CCC1CCCCN1C(=O)c1cc(NCCN(C)C)nc(-c2ccccc2)n1. The Bertz CT molecular complexity index is 778. The van der Waals surface area contributed by atoms with Crippen LogP contribution in [0.1, 0.15) is 43.1 Å². The van der Waals surface area contributed by atoms with E-state index in [0.717, 1.165) is 44.5 Å². The number of benzene rings is 1. The van der Waals surface area contributed by atoms with Crippen LogP contribution in [-0.2, 0) is 0 Å². The fourth-order valence-electron chi connectivity index (χ4n) is 3.61. The van der Waals surface area contributed by atoms with Gasteiger partial charge in [0, 0.05) is 37.3 Å². The standard InChI is InChI=1S/C22H31N5O/c1-4-18-12-8-9-14-27(18)22(28)19-16-20(23-13-15-26(2)3)25-21(24-19)17-10-6-5-7-11-17/h5-7,10-11,16,18H,4,8-9,12-15H2,1-3H3,(H,23,24,25). The summed E-state index contributed by atoms with van der Waals surface area (Å²) in [5.41, 5.74) is 1.39. The van der Waals surface area contributed by atoms with Gasteiger partial charge in [-0.25, -0.2) is 9.97 Å². The quantitative estimate of drug-likeness (QED) is 0.795. The Morgan fingerprint density at radius 3 is 2.71 bits per heavy atom. The summed E-state index contributed by atoms with van der Waals surface area (Å²) in [6, 6.07) is 11.9. The van der Waals surface area contributed by atoms with Crippen molar-refractivity contribution >= 4 is 11.7 Å². The van der Waals surface area contributed by atoms with Gasteiger partial charge in [0.2, 0.25) is 0 Å². The molecule has 0 radical (unpaired) electrons. The predicted octanol–water partition coefficient (Wildman–Crippen LogP) is 3.52. The van der Waals surface area contributed by atoms with E-state index in [1.807, 2.05) is 49.3 Å². The lowest BCUT2D eigenvalue weighted by Crippen LogP contribution is -2.43. The fourth-order valence-corrected chi connectivity index (χ4v) is 3.61. The lowest BCUT2D eigenvalue weighted by atomic mass is 9.99. The topological polar surface area (TPSA) is 61.4 Å². The number of likely N-dealkylation sites (N-methyl/N-ethyl adjacent to an activating group) is 1. The highest BCUT2D eigenvalue weighted by atomic mass is 16.2. The third kappa shape index (κ3) is 5.07. The molecule has 1 aliphatic heterocycles. The average molecular weight is 382 g/mol. The van der Waals surface area contributed by atoms with Gasteiger partial charge in [0.1, 0.15) is 11.5 Å². The molecule has 6 nitrogen and oxygen atoms in total. The van der Waals surface area contributed by atoms with Crippen LogP contribution in [0, 0.1) is 0 Å². The molecule has 150 valence electrons. The van der Waals surface area contributed by atoms with Crippen molar-refractivity contribution in [2.24, 2.45) is 0 Å². The van der Waals surface area contributed by atoms with E-state index >= 15 is 0 Å². The first-order valence-electron chi connectivity index (χ1n) is 10.2. The number of nitrogens with zero attached hydrogens (tertiary/aromatic N) is 4. The molecule has 1 fully saturated rings. The van der Waals surface area contributed by atoms with Crippen molar-refractivity contribution in [1.82, 2.24) is 19.8 Å². The molecule has 0 bridgehead atoms. The summed E-state index contributed by atoms with van der Waals surface area (Å²) < 4.78 is 0. The van der Waals surface area contributed by atoms with Gasteiger partial charge in [-0.05, 0) is 39.8 Å². The Morgan fingerprint density at radius 1 is 1.21 bits per heavy atom. The molecule has 1 aromatic heterocycles. The molecule has 3 rings (SSSR count). The smallest absolute Gasteiger partial charge is 0.272 e. The van der Waals surface area contributed by atoms with E-state index in [1.165, 1.54) is 6.42 Å². The van der Waals surface area contributed by atoms with Crippen molar-refractivity contribution in [3.8, 4) is 11.4 Å². The third-order valence-electron chi connectivity index (χ3n) is 5.20. The van der Waals surface area contributed by atoms with Gasteiger partial charge >= 0.3 is 0 Å². The molecule has 0 spiro atoms. The van der Waals surface area contributed by atoms with Crippen LogP contribution < -0.4 is 5.32 Å². The van der Waals surface area contributed by atoms with Gasteiger partial charge in [-0.2, -0.15) is 0 Å². The molecule has 1 aromatic carbocycles. The number of hydrogen-bond donors (Lipinski definition) is 1. The molecule has 1 aliphatic rings. The van der Waals surface area contributed by atoms with Crippen molar-refractivity contribution in [2.75, 3.05) is 39.0 Å². The molecule has 2 heterocycles. The summed E-state index contributed by atoms with van der Waals surface area (Å²) in [7, 11) is 4.07. The minimum Gasteiger partial charge on any atom is -0.369 e. The number of carbonyl (C=O) groups excluding carboxylic acids is 1. The van der Waals surface area contributed by atoms with Crippen molar-refractivity contribution < 1.29 is 4.79 Å². The highest BCUT2D eigenvalue weighted by Gasteiger charge is 2.27. The molecule has 2 aromatic rings.